The lowest BCUT2D eigenvalue weighted by Gasteiger charge is -2.31. The molecule has 0 heterocycles. The number of carbonyl (C=O) groups excluding carboxylic acids is 4. The second kappa shape index (κ2) is 16.6. The Morgan fingerprint density at radius 3 is 1.98 bits per heavy atom. The first-order valence-electron chi connectivity index (χ1n) is 14.6. The van der Waals surface area contributed by atoms with Crippen LogP contribution in [-0.4, -0.2) is 76.6 Å². The third kappa shape index (κ3) is 9.95. The van der Waals surface area contributed by atoms with Gasteiger partial charge >= 0.3 is 0 Å². The molecule has 0 aliphatic carbocycles. The predicted octanol–water partition coefficient (Wildman–Crippen LogP) is 2.52. The van der Waals surface area contributed by atoms with Gasteiger partial charge < -0.3 is 31.5 Å². The van der Waals surface area contributed by atoms with Crippen LogP contribution in [-0.2, 0) is 11.2 Å². The molecule has 42 heavy (non-hydrogen) atoms. The van der Waals surface area contributed by atoms with E-state index in [1.807, 2.05) is 58.0 Å². The Hall–Kier alpha value is -3.76. The van der Waals surface area contributed by atoms with Crippen LogP contribution in [0.3, 0.4) is 0 Å². The van der Waals surface area contributed by atoms with Gasteiger partial charge in [0, 0.05) is 36.3 Å². The van der Waals surface area contributed by atoms with E-state index in [0.717, 1.165) is 18.4 Å². The van der Waals surface area contributed by atoms with Crippen LogP contribution < -0.4 is 16.4 Å². The number of nitrogens with zero attached hydrogens (tertiary/aromatic N) is 1. The van der Waals surface area contributed by atoms with Crippen molar-refractivity contribution >= 4 is 23.6 Å². The highest BCUT2D eigenvalue weighted by molar-refractivity contribution is 6.04. The molecule has 0 aliphatic rings. The summed E-state index contributed by atoms with van der Waals surface area (Å²) in [6.45, 7) is 10.8. The first kappa shape index (κ1) is 34.4. The third-order valence-corrected chi connectivity index (χ3v) is 6.99. The van der Waals surface area contributed by atoms with Gasteiger partial charge in [-0.1, -0.05) is 65.0 Å². The number of benzene rings is 2. The molecule has 0 aliphatic heterocycles. The minimum absolute atomic E-state index is 0.00470. The molecule has 0 fully saturated rings. The molecule has 0 saturated carbocycles. The molecule has 0 unspecified atom stereocenters. The van der Waals surface area contributed by atoms with Crippen LogP contribution in [0.4, 0.5) is 0 Å². The van der Waals surface area contributed by atoms with Crippen molar-refractivity contribution in [1.82, 2.24) is 15.5 Å². The van der Waals surface area contributed by atoms with Crippen LogP contribution in [0.2, 0.25) is 0 Å². The van der Waals surface area contributed by atoms with Gasteiger partial charge in [-0.3, -0.25) is 19.2 Å². The second-order valence-electron chi connectivity index (χ2n) is 11.1. The van der Waals surface area contributed by atoms with E-state index >= 15 is 0 Å². The highest BCUT2D eigenvalue weighted by atomic mass is 16.3. The summed E-state index contributed by atoms with van der Waals surface area (Å²) >= 11 is 0. The van der Waals surface area contributed by atoms with Crippen LogP contribution in [0.1, 0.15) is 84.1 Å². The molecule has 0 saturated heterocycles. The molecule has 4 atom stereocenters. The van der Waals surface area contributed by atoms with E-state index in [2.05, 4.69) is 10.6 Å². The van der Waals surface area contributed by atoms with Crippen LogP contribution in [0.25, 0.3) is 0 Å². The Labute approximate surface area is 248 Å². The monoisotopic (exact) mass is 582 g/mol. The molecule has 4 amide bonds. The lowest BCUT2D eigenvalue weighted by Crippen LogP contribution is -2.53. The van der Waals surface area contributed by atoms with Crippen molar-refractivity contribution in [3.8, 4) is 0 Å². The molecule has 230 valence electrons. The number of aliphatic hydroxyl groups is 2. The van der Waals surface area contributed by atoms with Crippen LogP contribution in [0, 0.1) is 11.8 Å². The minimum atomic E-state index is -1.51. The van der Waals surface area contributed by atoms with E-state index in [1.165, 1.54) is 25.1 Å². The Kier molecular flexibility index (Phi) is 13.6. The number of primary amides is 1. The number of rotatable bonds is 16. The van der Waals surface area contributed by atoms with Gasteiger partial charge in [0.05, 0.1) is 18.1 Å². The molecule has 0 spiro atoms. The number of nitrogens with one attached hydrogen (secondary N) is 2. The quantitative estimate of drug-likeness (QED) is 0.204. The third-order valence-electron chi connectivity index (χ3n) is 6.99. The minimum Gasteiger partial charge on any atom is -0.390 e. The Morgan fingerprint density at radius 1 is 0.857 bits per heavy atom. The zero-order valence-corrected chi connectivity index (χ0v) is 25.3. The highest BCUT2D eigenvalue weighted by Gasteiger charge is 2.35. The number of nitrogens with two attached hydrogens (primary N) is 1. The number of amides is 4. The summed E-state index contributed by atoms with van der Waals surface area (Å²) in [5.74, 6) is -2.96. The molecule has 0 aromatic heterocycles. The summed E-state index contributed by atoms with van der Waals surface area (Å²) in [5.41, 5.74) is 6.46. The van der Waals surface area contributed by atoms with E-state index in [9.17, 15) is 29.4 Å². The summed E-state index contributed by atoms with van der Waals surface area (Å²) in [5, 5.41) is 27.7. The van der Waals surface area contributed by atoms with E-state index in [0.29, 0.717) is 19.6 Å². The van der Waals surface area contributed by atoms with Gasteiger partial charge in [-0.25, -0.2) is 0 Å². The smallest absolute Gasteiger partial charge is 0.253 e. The molecule has 0 bridgehead atoms. The molecule has 6 N–H and O–H groups in total. The molecule has 2 rings (SSSR count). The number of aliphatic hydroxyl groups excluding tert-OH is 2. The van der Waals surface area contributed by atoms with Crippen molar-refractivity contribution in [1.29, 1.82) is 0 Å². The van der Waals surface area contributed by atoms with Crippen LogP contribution >= 0.6 is 0 Å². The molecule has 2 aromatic rings. The fraction of sp³-hybridized carbons (Fsp3) is 0.500. The second-order valence-corrected chi connectivity index (χ2v) is 11.1. The molecular weight excluding hydrogens is 536 g/mol. The van der Waals surface area contributed by atoms with Crippen molar-refractivity contribution in [2.75, 3.05) is 19.6 Å². The van der Waals surface area contributed by atoms with Gasteiger partial charge in [0.15, 0.2) is 0 Å². The standard InChI is InChI=1S/C32H46N4O6/c1-6-13-36(14-7-2)32(42)25-17-23(29(33)39)16-24(18-25)31(41)35-26(15-22-11-9-8-10-12-22)28(38)27(37)21(5)30(40)34-19-20(3)4/h8-12,16-18,20-21,26-28,37-38H,6-7,13-15,19H2,1-5H3,(H2,33,39)(H,34,40)(H,35,41)/t21-,26+,27-,28-/m1/s1. The largest absolute Gasteiger partial charge is 0.390 e. The van der Waals surface area contributed by atoms with Crippen molar-refractivity contribution in [2.45, 2.75) is 72.1 Å². The summed E-state index contributed by atoms with van der Waals surface area (Å²) in [7, 11) is 0. The zero-order chi connectivity index (χ0) is 31.4. The number of hydrogen-bond acceptors (Lipinski definition) is 6. The van der Waals surface area contributed by atoms with Crippen molar-refractivity contribution in [3.05, 3.63) is 70.8 Å². The van der Waals surface area contributed by atoms with Crippen LogP contribution in [0.15, 0.2) is 48.5 Å². The lowest BCUT2D eigenvalue weighted by atomic mass is 9.90. The summed E-state index contributed by atoms with van der Waals surface area (Å²) < 4.78 is 0. The Bertz CT molecular complexity index is 1200. The fourth-order valence-electron chi connectivity index (χ4n) is 4.59. The van der Waals surface area contributed by atoms with E-state index in [1.54, 1.807) is 4.90 Å². The molecule has 2 aromatic carbocycles. The first-order chi connectivity index (χ1) is 19.9. The van der Waals surface area contributed by atoms with E-state index < -0.39 is 41.9 Å². The van der Waals surface area contributed by atoms with E-state index in [-0.39, 0.29) is 34.9 Å². The topological polar surface area (TPSA) is 162 Å². The van der Waals surface area contributed by atoms with Gasteiger partial charge in [-0.2, -0.15) is 0 Å². The predicted molar refractivity (Wildman–Crippen MR) is 162 cm³/mol. The number of carbonyl (C=O) groups is 4. The zero-order valence-electron chi connectivity index (χ0n) is 25.3. The molecule has 0 radical (unpaired) electrons. The Balaban J connectivity index is 2.41. The average Bonchev–Trinajstić information content (AvgIpc) is 2.98. The lowest BCUT2D eigenvalue weighted by molar-refractivity contribution is -0.131. The van der Waals surface area contributed by atoms with Gasteiger partial charge in [-0.15, -0.1) is 0 Å². The average molecular weight is 583 g/mol. The van der Waals surface area contributed by atoms with Gasteiger partial charge in [-0.05, 0) is 48.9 Å². The summed E-state index contributed by atoms with van der Waals surface area (Å²) in [6, 6.07) is 12.1. The summed E-state index contributed by atoms with van der Waals surface area (Å²) in [6.07, 6.45) is -1.38. The molecular formula is C32H46N4O6. The van der Waals surface area contributed by atoms with Crippen LogP contribution in [0.5, 0.6) is 0 Å². The maximum atomic E-state index is 13.6. The number of hydrogen-bond donors (Lipinski definition) is 5. The first-order valence-corrected chi connectivity index (χ1v) is 14.6. The van der Waals surface area contributed by atoms with Crippen molar-refractivity contribution < 1.29 is 29.4 Å². The Morgan fingerprint density at radius 2 is 1.43 bits per heavy atom. The summed E-state index contributed by atoms with van der Waals surface area (Å²) in [4.78, 5) is 53.3. The van der Waals surface area contributed by atoms with E-state index in [4.69, 9.17) is 5.73 Å². The maximum Gasteiger partial charge on any atom is 0.253 e. The van der Waals surface area contributed by atoms with Gasteiger partial charge in [0.2, 0.25) is 11.8 Å². The molecule has 10 heteroatoms. The normalized spacial score (nSPS) is 14.0. The van der Waals surface area contributed by atoms with Gasteiger partial charge in [0.25, 0.3) is 11.8 Å². The van der Waals surface area contributed by atoms with Crippen molar-refractivity contribution in [3.63, 3.8) is 0 Å². The fourth-order valence-corrected chi connectivity index (χ4v) is 4.59. The van der Waals surface area contributed by atoms with Gasteiger partial charge in [0.1, 0.15) is 6.10 Å². The molecule has 10 nitrogen and oxygen atoms in total. The maximum absolute atomic E-state index is 13.6. The van der Waals surface area contributed by atoms with Crippen molar-refractivity contribution in [2.24, 2.45) is 17.6 Å². The SMILES string of the molecule is CCCN(CCC)C(=O)c1cc(C(N)=O)cc(C(=O)N[C@@H](Cc2ccccc2)[C@@H](O)[C@H](O)[C@@H](C)C(=O)NCC(C)C)c1. The highest BCUT2D eigenvalue weighted by Crippen LogP contribution is 2.18.